The van der Waals surface area contributed by atoms with Gasteiger partial charge < -0.3 is 51.5 Å². The molecule has 7 atom stereocenters. The molecule has 4 aromatic carbocycles. The number of allylic oxidation sites excluding steroid dienone is 3. The van der Waals surface area contributed by atoms with Crippen molar-refractivity contribution in [2.45, 2.75) is 117 Å². The highest BCUT2D eigenvalue weighted by Gasteiger charge is 2.46. The highest BCUT2D eigenvalue weighted by molar-refractivity contribution is 6.00. The van der Waals surface area contributed by atoms with Crippen LogP contribution < -0.4 is 31.9 Å². The fourth-order valence-electron chi connectivity index (χ4n) is 10.5. The van der Waals surface area contributed by atoms with E-state index in [9.17, 15) is 38.4 Å². The van der Waals surface area contributed by atoms with Crippen LogP contribution >= 0.6 is 0 Å². The van der Waals surface area contributed by atoms with Crippen LogP contribution in [0.4, 0.5) is 0 Å². The summed E-state index contributed by atoms with van der Waals surface area (Å²) < 4.78 is 0. The summed E-state index contributed by atoms with van der Waals surface area (Å²) in [6.45, 7) is 14.2. The van der Waals surface area contributed by atoms with Crippen molar-refractivity contribution in [3.05, 3.63) is 167 Å². The van der Waals surface area contributed by atoms with E-state index in [1.807, 2.05) is 145 Å². The Bertz CT molecular complexity index is 2940. The molecule has 18 heteroatoms. The highest BCUT2D eigenvalue weighted by Crippen LogP contribution is 2.31. The first-order valence-electron chi connectivity index (χ1n) is 28.4. The topological polar surface area (TPSA) is 222 Å². The van der Waals surface area contributed by atoms with Gasteiger partial charge in [0.1, 0.15) is 24.2 Å². The molecule has 2 aliphatic heterocycles. The van der Waals surface area contributed by atoms with Crippen molar-refractivity contribution >= 4 is 47.3 Å². The van der Waals surface area contributed by atoms with Crippen LogP contribution in [0.5, 0.6) is 0 Å². The second-order valence-corrected chi connectivity index (χ2v) is 23.6. The molecule has 1 aliphatic carbocycles. The van der Waals surface area contributed by atoms with Crippen molar-refractivity contribution < 1.29 is 38.4 Å². The number of carbonyl (C=O) groups is 8. The molecule has 0 radical (unpaired) electrons. The molecule has 82 heavy (non-hydrogen) atoms. The molecule has 7 rings (SSSR count). The Morgan fingerprint density at radius 1 is 0.488 bits per heavy atom. The first-order chi connectivity index (χ1) is 39.0. The number of rotatable bonds is 18. The van der Waals surface area contributed by atoms with Crippen molar-refractivity contribution in [3.8, 4) is 0 Å². The molecule has 8 amide bonds. The second-order valence-electron chi connectivity index (χ2n) is 23.6. The number of benzene rings is 4. The van der Waals surface area contributed by atoms with E-state index in [4.69, 9.17) is 0 Å². The Balaban J connectivity index is 1.15. The Labute approximate surface area is 482 Å². The van der Waals surface area contributed by atoms with E-state index >= 15 is 0 Å². The van der Waals surface area contributed by atoms with Crippen LogP contribution in [0.2, 0.25) is 0 Å². The van der Waals surface area contributed by atoms with Gasteiger partial charge in [-0.1, -0.05) is 151 Å². The van der Waals surface area contributed by atoms with Gasteiger partial charge in [-0.2, -0.15) is 0 Å². The van der Waals surface area contributed by atoms with E-state index in [1.54, 1.807) is 52.2 Å². The average Bonchev–Trinajstić information content (AvgIpc) is 3.67. The van der Waals surface area contributed by atoms with Crippen molar-refractivity contribution in [2.24, 2.45) is 10.8 Å². The monoisotopic (exact) mass is 1120 g/mol. The average molecular weight is 1120 g/mol. The number of nitrogens with one attached hydrogen (secondary N) is 6. The third-order valence-corrected chi connectivity index (χ3v) is 15.7. The summed E-state index contributed by atoms with van der Waals surface area (Å²) in [5.74, 6) is -3.49. The largest absolute Gasteiger partial charge is 0.344 e. The Kier molecular flexibility index (Phi) is 20.5. The maximum Gasteiger partial charge on any atom is 0.253 e. The first-order valence-corrected chi connectivity index (χ1v) is 28.4. The molecule has 2 fully saturated rings. The van der Waals surface area contributed by atoms with Gasteiger partial charge in [-0.3, -0.25) is 38.4 Å². The van der Waals surface area contributed by atoms with Crippen LogP contribution in [0.1, 0.15) is 118 Å². The van der Waals surface area contributed by atoms with Crippen molar-refractivity contribution in [1.29, 1.82) is 0 Å². The van der Waals surface area contributed by atoms with E-state index < -0.39 is 94.6 Å². The Hall–Kier alpha value is -7.96. The molecule has 436 valence electrons. The summed E-state index contributed by atoms with van der Waals surface area (Å²) in [6.07, 6.45) is 7.52. The molecule has 1 unspecified atom stereocenters. The normalized spacial score (nSPS) is 18.5. The zero-order valence-electron chi connectivity index (χ0n) is 49.0. The molecular formula is C64H82N10O8. The van der Waals surface area contributed by atoms with Crippen LogP contribution in [-0.4, -0.2) is 156 Å². The minimum absolute atomic E-state index is 0.0106. The number of hydrogen-bond donors (Lipinski definition) is 6. The zero-order chi connectivity index (χ0) is 59.5. The van der Waals surface area contributed by atoms with Crippen LogP contribution in [0.25, 0.3) is 0 Å². The number of likely N-dealkylation sites (N-methyl/N-ethyl adjacent to an activating group) is 2. The van der Waals surface area contributed by atoms with E-state index in [0.29, 0.717) is 6.42 Å². The van der Waals surface area contributed by atoms with Crippen LogP contribution in [0.3, 0.4) is 0 Å². The highest BCUT2D eigenvalue weighted by atomic mass is 16.2. The fourth-order valence-corrected chi connectivity index (χ4v) is 10.5. The lowest BCUT2D eigenvalue weighted by molar-refractivity contribution is -0.148. The molecule has 0 aromatic heterocycles. The van der Waals surface area contributed by atoms with Crippen molar-refractivity contribution in [1.82, 2.24) is 51.5 Å². The van der Waals surface area contributed by atoms with Crippen LogP contribution in [0, 0.1) is 10.8 Å². The molecular weight excluding hydrogens is 1040 g/mol. The molecule has 18 nitrogen and oxygen atoms in total. The third-order valence-electron chi connectivity index (χ3n) is 15.7. The van der Waals surface area contributed by atoms with E-state index in [2.05, 4.69) is 38.0 Å². The van der Waals surface area contributed by atoms with Crippen molar-refractivity contribution in [2.75, 3.05) is 53.4 Å². The number of piperazine rings is 2. The Morgan fingerprint density at radius 3 is 1.20 bits per heavy atom. The summed E-state index contributed by atoms with van der Waals surface area (Å²) in [5.41, 5.74) is 2.41. The number of hydrogen-bond acceptors (Lipinski definition) is 10. The molecule has 2 heterocycles. The SMILES string of the molecule is CN[C@@H](C)C(=O)N[C@H](C(=O)N1CCN(C(=O)c2ccc(C(=O)N3CCN(C(=O)[C@@H](NC(=O)[C@H](C)NC)C(C)(C)C)[C@H](C(=O)NC(c4ccccc4)c4ccccc4)C3)cc2)C[C@H]1C(=O)NC(C1=CC=CCC1)c1ccccc1)C(C)(C)C. The lowest BCUT2D eigenvalue weighted by Gasteiger charge is -2.44. The molecule has 0 saturated carbocycles. The maximum atomic E-state index is 14.9. The molecule has 3 aliphatic rings. The smallest absolute Gasteiger partial charge is 0.253 e. The summed E-state index contributed by atoms with van der Waals surface area (Å²) in [7, 11) is 3.30. The van der Waals surface area contributed by atoms with Gasteiger partial charge in [-0.05, 0) is 98.1 Å². The van der Waals surface area contributed by atoms with Gasteiger partial charge >= 0.3 is 0 Å². The number of amides is 8. The summed E-state index contributed by atoms with van der Waals surface area (Å²) in [4.78, 5) is 121. The lowest BCUT2D eigenvalue weighted by atomic mass is 9.85. The lowest BCUT2D eigenvalue weighted by Crippen LogP contribution is -2.66. The second kappa shape index (κ2) is 27.2. The maximum absolute atomic E-state index is 14.9. The van der Waals surface area contributed by atoms with E-state index in [0.717, 1.165) is 28.7 Å². The molecule has 4 aromatic rings. The molecule has 6 N–H and O–H groups in total. The van der Waals surface area contributed by atoms with Gasteiger partial charge in [-0.15, -0.1) is 0 Å². The standard InChI is InChI=1S/C64H82N10O8/c1-41(65-9)55(75)69-53(63(3,4)5)61(81)73-37-35-71(39-49(73)57(77)67-51(43-23-15-11-16-24-43)44-25-17-12-18-26-44)59(79)47-31-33-48(34-32-47)60(80)72-36-38-74(62(82)54(64(6,7)8)70-56(76)42(2)66-10)50(40-72)58(78)68-52(45-27-19-13-20-28-45)46-29-21-14-22-30-46/h11-21,23-29,31-34,41-42,49-54,65-66H,22,30,35-40H2,1-10H3,(H,67,77)(H,68,78)(H,69,75)(H,70,76)/t41-,42-,49-,50-,52?,53+,54+/m0/s1. The zero-order valence-corrected chi connectivity index (χ0v) is 49.0. The quantitative estimate of drug-likeness (QED) is 0.0754. The van der Waals surface area contributed by atoms with Gasteiger partial charge in [0.25, 0.3) is 11.8 Å². The summed E-state index contributed by atoms with van der Waals surface area (Å²) in [5, 5.41) is 18.1. The summed E-state index contributed by atoms with van der Waals surface area (Å²) in [6, 6.07) is 28.0. The summed E-state index contributed by atoms with van der Waals surface area (Å²) >= 11 is 0. The van der Waals surface area contributed by atoms with Crippen LogP contribution in [0.15, 0.2) is 139 Å². The van der Waals surface area contributed by atoms with E-state index in [-0.39, 0.29) is 62.2 Å². The van der Waals surface area contributed by atoms with Gasteiger partial charge in [0, 0.05) is 37.3 Å². The molecule has 2 saturated heterocycles. The number of carbonyl (C=O) groups excluding carboxylic acids is 8. The first kappa shape index (κ1) is 61.7. The van der Waals surface area contributed by atoms with Crippen molar-refractivity contribution in [3.63, 3.8) is 0 Å². The molecule has 0 bridgehead atoms. The fraction of sp³-hybridized carbons (Fsp3) is 0.438. The van der Waals surface area contributed by atoms with Gasteiger partial charge in [0.15, 0.2) is 0 Å². The van der Waals surface area contributed by atoms with Gasteiger partial charge in [0.05, 0.1) is 37.3 Å². The minimum Gasteiger partial charge on any atom is -0.344 e. The number of nitrogens with zero attached hydrogens (tertiary/aromatic N) is 4. The van der Waals surface area contributed by atoms with Gasteiger partial charge in [0.2, 0.25) is 35.4 Å². The molecule has 0 spiro atoms. The van der Waals surface area contributed by atoms with Crippen LogP contribution in [-0.2, 0) is 28.8 Å². The predicted molar refractivity (Wildman–Crippen MR) is 316 cm³/mol. The predicted octanol–water partition coefficient (Wildman–Crippen LogP) is 5.31. The minimum atomic E-state index is -1.17. The van der Waals surface area contributed by atoms with Gasteiger partial charge in [-0.25, -0.2) is 0 Å². The third kappa shape index (κ3) is 14.9. The Morgan fingerprint density at radius 2 is 0.854 bits per heavy atom. The van der Waals surface area contributed by atoms with E-state index in [1.165, 1.54) is 19.6 Å².